The Morgan fingerprint density at radius 3 is 2.54 bits per heavy atom. The standard InChI is InChI=1S/C17H14ClNO3S2/c18-12-7-5-11(6-8-12)17(20)19-13-3-1-2-4-15(13)23-16-10-24(21,22)9-14(16)19/h1-8,14,16H,9-10H2/t14-,16+/m1/s1. The van der Waals surface area contributed by atoms with Crippen LogP contribution in [-0.2, 0) is 9.84 Å². The minimum Gasteiger partial charge on any atom is -0.302 e. The molecular formula is C17H14ClNO3S2. The fourth-order valence-electron chi connectivity index (χ4n) is 3.24. The molecule has 0 spiro atoms. The first kappa shape index (κ1) is 16.0. The van der Waals surface area contributed by atoms with Crippen molar-refractivity contribution in [3.05, 3.63) is 59.1 Å². The topological polar surface area (TPSA) is 54.5 Å². The van der Waals surface area contributed by atoms with Gasteiger partial charge in [-0.25, -0.2) is 8.42 Å². The van der Waals surface area contributed by atoms with Gasteiger partial charge in [0, 0.05) is 20.7 Å². The summed E-state index contributed by atoms with van der Waals surface area (Å²) in [7, 11) is -3.14. The lowest BCUT2D eigenvalue weighted by molar-refractivity contribution is 0.0978. The number of para-hydroxylation sites is 1. The molecule has 2 aromatic rings. The van der Waals surface area contributed by atoms with Gasteiger partial charge in [0.05, 0.1) is 23.2 Å². The summed E-state index contributed by atoms with van der Waals surface area (Å²) in [5, 5.41) is 0.434. The number of hydrogen-bond acceptors (Lipinski definition) is 4. The van der Waals surface area contributed by atoms with Gasteiger partial charge >= 0.3 is 0 Å². The highest BCUT2D eigenvalue weighted by atomic mass is 35.5. The van der Waals surface area contributed by atoms with E-state index >= 15 is 0 Å². The van der Waals surface area contributed by atoms with Crippen LogP contribution < -0.4 is 4.90 Å². The summed E-state index contributed by atoms with van der Waals surface area (Å²) >= 11 is 7.46. The zero-order valence-electron chi connectivity index (χ0n) is 12.6. The van der Waals surface area contributed by atoms with Gasteiger partial charge in [-0.1, -0.05) is 23.7 Å². The first-order chi connectivity index (χ1) is 11.4. The number of hydrogen-bond donors (Lipinski definition) is 0. The summed E-state index contributed by atoms with van der Waals surface area (Å²) in [6, 6.07) is 13.9. The van der Waals surface area contributed by atoms with Crippen LogP contribution in [0.15, 0.2) is 53.4 Å². The van der Waals surface area contributed by atoms with Gasteiger partial charge in [-0.2, -0.15) is 0 Å². The highest BCUT2D eigenvalue weighted by Gasteiger charge is 2.47. The van der Waals surface area contributed by atoms with Crippen LogP contribution in [0.3, 0.4) is 0 Å². The number of anilines is 1. The SMILES string of the molecule is O=C(c1ccc(Cl)cc1)N1c2ccccc2S[C@H]2CS(=O)(=O)C[C@H]21. The van der Waals surface area contributed by atoms with E-state index in [-0.39, 0.29) is 28.7 Å². The van der Waals surface area contributed by atoms with E-state index in [0.717, 1.165) is 10.6 Å². The van der Waals surface area contributed by atoms with Crippen molar-refractivity contribution in [1.29, 1.82) is 0 Å². The maximum absolute atomic E-state index is 13.1. The molecule has 0 aromatic heterocycles. The van der Waals surface area contributed by atoms with Crippen molar-refractivity contribution in [2.75, 3.05) is 16.4 Å². The molecule has 0 radical (unpaired) electrons. The molecule has 1 fully saturated rings. The number of sulfone groups is 1. The predicted octanol–water partition coefficient (Wildman–Crippen LogP) is 3.26. The number of nitrogens with zero attached hydrogens (tertiary/aromatic N) is 1. The molecule has 4 rings (SSSR count). The highest BCUT2D eigenvalue weighted by molar-refractivity contribution is 8.02. The monoisotopic (exact) mass is 379 g/mol. The van der Waals surface area contributed by atoms with E-state index in [9.17, 15) is 13.2 Å². The molecule has 0 N–H and O–H groups in total. The van der Waals surface area contributed by atoms with Crippen molar-refractivity contribution in [2.45, 2.75) is 16.2 Å². The predicted molar refractivity (Wildman–Crippen MR) is 96.8 cm³/mol. The third-order valence-corrected chi connectivity index (χ3v) is 7.88. The van der Waals surface area contributed by atoms with Crippen LogP contribution >= 0.6 is 23.4 Å². The maximum Gasteiger partial charge on any atom is 0.258 e. The summed E-state index contributed by atoms with van der Waals surface area (Å²) in [5.74, 6) is -0.0640. The van der Waals surface area contributed by atoms with Crippen molar-refractivity contribution < 1.29 is 13.2 Å². The minimum absolute atomic E-state index is 0.0122. The molecule has 0 bridgehead atoms. The number of rotatable bonds is 1. The Morgan fingerprint density at radius 1 is 1.08 bits per heavy atom. The number of carbonyl (C=O) groups excluding carboxylic acids is 1. The lowest BCUT2D eigenvalue weighted by atomic mass is 10.1. The third kappa shape index (κ3) is 2.72. The van der Waals surface area contributed by atoms with E-state index < -0.39 is 9.84 Å². The molecule has 2 atom stereocenters. The van der Waals surface area contributed by atoms with E-state index in [1.165, 1.54) is 0 Å². The van der Waals surface area contributed by atoms with E-state index in [1.807, 2.05) is 24.3 Å². The Kier molecular flexibility index (Phi) is 3.86. The average molecular weight is 380 g/mol. The molecule has 24 heavy (non-hydrogen) atoms. The van der Waals surface area contributed by atoms with Crippen LogP contribution in [0, 0.1) is 0 Å². The summed E-state index contributed by atoms with van der Waals surface area (Å²) in [6.45, 7) is 0. The van der Waals surface area contributed by atoms with Gasteiger partial charge in [-0.05, 0) is 36.4 Å². The summed E-state index contributed by atoms with van der Waals surface area (Å²) in [4.78, 5) is 15.7. The van der Waals surface area contributed by atoms with Gasteiger partial charge < -0.3 is 4.90 Å². The second kappa shape index (κ2) is 5.79. The van der Waals surface area contributed by atoms with Gasteiger partial charge in [0.15, 0.2) is 9.84 Å². The van der Waals surface area contributed by atoms with Crippen molar-refractivity contribution in [3.8, 4) is 0 Å². The zero-order chi connectivity index (χ0) is 16.9. The number of amides is 1. The van der Waals surface area contributed by atoms with Gasteiger partial charge in [-0.3, -0.25) is 4.79 Å². The molecule has 1 saturated heterocycles. The number of benzene rings is 2. The summed E-state index contributed by atoms with van der Waals surface area (Å²) in [5.41, 5.74) is 1.28. The molecule has 2 aliphatic heterocycles. The summed E-state index contributed by atoms with van der Waals surface area (Å²) in [6.07, 6.45) is 0. The second-order valence-electron chi connectivity index (χ2n) is 5.95. The molecule has 124 valence electrons. The molecule has 2 aromatic carbocycles. The Hall–Kier alpha value is -1.50. The van der Waals surface area contributed by atoms with Crippen LogP contribution in [0.1, 0.15) is 10.4 Å². The van der Waals surface area contributed by atoms with Crippen molar-refractivity contribution in [3.63, 3.8) is 0 Å². The number of thioether (sulfide) groups is 1. The van der Waals surface area contributed by atoms with Crippen LogP contribution in [0.25, 0.3) is 0 Å². The quantitative estimate of drug-likeness (QED) is 0.763. The lowest BCUT2D eigenvalue weighted by Crippen LogP contribution is -2.48. The highest BCUT2D eigenvalue weighted by Crippen LogP contribution is 2.45. The second-order valence-corrected chi connectivity index (χ2v) is 9.82. The molecule has 2 heterocycles. The van der Waals surface area contributed by atoms with Crippen molar-refractivity contribution >= 4 is 44.8 Å². The number of fused-ring (bicyclic) bond motifs is 2. The van der Waals surface area contributed by atoms with Gasteiger partial charge in [0.1, 0.15) is 0 Å². The average Bonchev–Trinajstić information content (AvgIpc) is 2.86. The van der Waals surface area contributed by atoms with Gasteiger partial charge in [-0.15, -0.1) is 11.8 Å². The van der Waals surface area contributed by atoms with Crippen molar-refractivity contribution in [1.82, 2.24) is 0 Å². The normalized spacial score (nSPS) is 24.3. The van der Waals surface area contributed by atoms with E-state index in [1.54, 1.807) is 40.9 Å². The number of halogens is 1. The Morgan fingerprint density at radius 2 is 1.79 bits per heavy atom. The number of carbonyl (C=O) groups is 1. The van der Waals surface area contributed by atoms with Crippen LogP contribution in [-0.4, -0.2) is 37.1 Å². The van der Waals surface area contributed by atoms with E-state index in [4.69, 9.17) is 11.6 Å². The first-order valence-corrected chi connectivity index (χ1v) is 10.6. The third-order valence-electron chi connectivity index (χ3n) is 4.32. The lowest BCUT2D eigenvalue weighted by Gasteiger charge is -2.37. The van der Waals surface area contributed by atoms with E-state index in [0.29, 0.717) is 10.6 Å². The Labute approximate surface area is 149 Å². The fraction of sp³-hybridized carbons (Fsp3) is 0.235. The minimum atomic E-state index is -3.14. The molecule has 1 amide bonds. The molecule has 2 aliphatic rings. The zero-order valence-corrected chi connectivity index (χ0v) is 14.9. The molecular weight excluding hydrogens is 366 g/mol. The van der Waals surface area contributed by atoms with Crippen LogP contribution in [0.2, 0.25) is 5.02 Å². The van der Waals surface area contributed by atoms with E-state index in [2.05, 4.69) is 0 Å². The van der Waals surface area contributed by atoms with Crippen molar-refractivity contribution in [2.24, 2.45) is 0 Å². The molecule has 0 aliphatic carbocycles. The Balaban J connectivity index is 1.81. The van der Waals surface area contributed by atoms with Crippen LogP contribution in [0.4, 0.5) is 5.69 Å². The first-order valence-electron chi connectivity index (χ1n) is 7.50. The molecule has 0 saturated carbocycles. The molecule has 7 heteroatoms. The summed E-state index contributed by atoms with van der Waals surface area (Å²) < 4.78 is 24.3. The Bertz CT molecular complexity index is 912. The maximum atomic E-state index is 13.1. The fourth-order valence-corrected chi connectivity index (χ4v) is 7.29. The largest absolute Gasteiger partial charge is 0.302 e. The smallest absolute Gasteiger partial charge is 0.258 e. The van der Waals surface area contributed by atoms with Crippen LogP contribution in [0.5, 0.6) is 0 Å². The molecule has 0 unspecified atom stereocenters. The molecule has 4 nitrogen and oxygen atoms in total. The van der Waals surface area contributed by atoms with Gasteiger partial charge in [0.2, 0.25) is 0 Å². The van der Waals surface area contributed by atoms with Gasteiger partial charge in [0.25, 0.3) is 5.91 Å².